The minimum absolute atomic E-state index is 0.0920. The van der Waals surface area contributed by atoms with E-state index in [0.29, 0.717) is 5.75 Å². The van der Waals surface area contributed by atoms with Crippen molar-refractivity contribution < 1.29 is 9.13 Å². The summed E-state index contributed by atoms with van der Waals surface area (Å²) in [4.78, 5) is 0. The molecule has 0 radical (unpaired) electrons. The Balaban J connectivity index is 2.28. The van der Waals surface area contributed by atoms with Crippen LogP contribution in [0.3, 0.4) is 0 Å². The molecule has 3 nitrogen and oxygen atoms in total. The molecule has 0 amide bonds. The number of hydrogen-bond acceptors (Lipinski definition) is 3. The number of rotatable bonds is 2. The summed E-state index contributed by atoms with van der Waals surface area (Å²) in [5, 5.41) is 3.34. The molecule has 0 bridgehead atoms. The third-order valence-electron chi connectivity index (χ3n) is 3.02. The number of nitrogens with two attached hydrogens (primary N) is 1. The predicted molar refractivity (Wildman–Crippen MR) is 60.9 cm³/mol. The van der Waals surface area contributed by atoms with E-state index < -0.39 is 0 Å². The van der Waals surface area contributed by atoms with Gasteiger partial charge in [0, 0.05) is 17.6 Å². The molecule has 1 heterocycles. The second-order valence-electron chi connectivity index (χ2n) is 4.15. The van der Waals surface area contributed by atoms with Crippen LogP contribution in [0.1, 0.15) is 24.4 Å². The Morgan fingerprint density at radius 3 is 3.00 bits per heavy atom. The number of ether oxygens (including phenoxy) is 1. The van der Waals surface area contributed by atoms with Crippen molar-refractivity contribution in [1.82, 2.24) is 5.32 Å². The Bertz CT molecular complexity index is 370. The summed E-state index contributed by atoms with van der Waals surface area (Å²) >= 11 is 0. The first kappa shape index (κ1) is 11.4. The van der Waals surface area contributed by atoms with Crippen molar-refractivity contribution in [2.75, 3.05) is 13.7 Å². The first-order valence-electron chi connectivity index (χ1n) is 5.53. The topological polar surface area (TPSA) is 47.3 Å². The van der Waals surface area contributed by atoms with Crippen LogP contribution in [0.25, 0.3) is 0 Å². The summed E-state index contributed by atoms with van der Waals surface area (Å²) < 4.78 is 18.6. The van der Waals surface area contributed by atoms with Gasteiger partial charge in [0.25, 0.3) is 0 Å². The smallest absolute Gasteiger partial charge is 0.165 e. The summed E-state index contributed by atoms with van der Waals surface area (Å²) in [5.41, 5.74) is 6.78. The van der Waals surface area contributed by atoms with Crippen LogP contribution in [0.2, 0.25) is 0 Å². The van der Waals surface area contributed by atoms with Gasteiger partial charge in [-0.05, 0) is 25.5 Å². The molecule has 4 heteroatoms. The number of nitrogens with one attached hydrogen (secondary N) is 1. The van der Waals surface area contributed by atoms with Crippen molar-refractivity contribution in [1.29, 1.82) is 0 Å². The van der Waals surface area contributed by atoms with E-state index in [9.17, 15) is 4.39 Å². The van der Waals surface area contributed by atoms with Crippen LogP contribution in [-0.2, 0) is 0 Å². The van der Waals surface area contributed by atoms with Gasteiger partial charge in [0.05, 0.1) is 7.11 Å². The maximum absolute atomic E-state index is 13.5. The van der Waals surface area contributed by atoms with E-state index in [0.717, 1.165) is 24.9 Å². The number of halogens is 1. The average Bonchev–Trinajstić information content (AvgIpc) is 2.28. The Labute approximate surface area is 94.8 Å². The number of piperidine rings is 1. The summed E-state index contributed by atoms with van der Waals surface area (Å²) in [6.45, 7) is 0.867. The zero-order valence-electron chi connectivity index (χ0n) is 9.37. The highest BCUT2D eigenvalue weighted by Crippen LogP contribution is 2.31. The van der Waals surface area contributed by atoms with Crippen LogP contribution in [-0.4, -0.2) is 19.7 Å². The Hall–Kier alpha value is -1.13. The lowest BCUT2D eigenvalue weighted by atomic mass is 9.93. The molecule has 2 rings (SSSR count). The number of hydrogen-bond donors (Lipinski definition) is 2. The largest absolute Gasteiger partial charge is 0.493 e. The van der Waals surface area contributed by atoms with Crippen LogP contribution >= 0.6 is 0 Å². The van der Waals surface area contributed by atoms with Gasteiger partial charge in [-0.25, -0.2) is 4.39 Å². The molecule has 1 saturated heterocycles. The molecule has 0 aromatic heterocycles. The SMILES string of the molecule is COc1c(F)cccc1C1CC(N)CCN1. The first-order valence-corrected chi connectivity index (χ1v) is 5.53. The van der Waals surface area contributed by atoms with Gasteiger partial charge in [0.15, 0.2) is 11.6 Å². The van der Waals surface area contributed by atoms with Gasteiger partial charge in [-0.1, -0.05) is 12.1 Å². The van der Waals surface area contributed by atoms with Crippen LogP contribution < -0.4 is 15.8 Å². The van der Waals surface area contributed by atoms with Gasteiger partial charge in [-0.3, -0.25) is 0 Å². The molecule has 3 N–H and O–H groups in total. The van der Waals surface area contributed by atoms with E-state index in [2.05, 4.69) is 5.32 Å². The lowest BCUT2D eigenvalue weighted by Crippen LogP contribution is -2.38. The van der Waals surface area contributed by atoms with Crippen molar-refractivity contribution in [3.63, 3.8) is 0 Å². The lowest BCUT2D eigenvalue weighted by Gasteiger charge is -2.29. The van der Waals surface area contributed by atoms with E-state index in [-0.39, 0.29) is 17.9 Å². The van der Waals surface area contributed by atoms with E-state index in [1.807, 2.05) is 6.07 Å². The number of benzene rings is 1. The molecule has 0 saturated carbocycles. The van der Waals surface area contributed by atoms with Crippen molar-refractivity contribution in [3.05, 3.63) is 29.6 Å². The van der Waals surface area contributed by atoms with Crippen molar-refractivity contribution in [2.45, 2.75) is 24.9 Å². The summed E-state index contributed by atoms with van der Waals surface area (Å²) in [7, 11) is 1.49. The molecule has 2 unspecified atom stereocenters. The maximum atomic E-state index is 13.5. The van der Waals surface area contributed by atoms with E-state index >= 15 is 0 Å². The van der Waals surface area contributed by atoms with E-state index in [1.54, 1.807) is 6.07 Å². The highest BCUT2D eigenvalue weighted by Gasteiger charge is 2.23. The third-order valence-corrected chi connectivity index (χ3v) is 3.02. The van der Waals surface area contributed by atoms with Crippen molar-refractivity contribution in [2.24, 2.45) is 5.73 Å². The standard InChI is InChI=1S/C12H17FN2O/c1-16-12-9(3-2-4-10(12)13)11-7-8(14)5-6-15-11/h2-4,8,11,15H,5-7,14H2,1H3. The molecule has 1 aromatic carbocycles. The number of para-hydroxylation sites is 1. The van der Waals surface area contributed by atoms with Crippen LogP contribution in [0.5, 0.6) is 5.75 Å². The fourth-order valence-corrected chi connectivity index (χ4v) is 2.20. The van der Waals surface area contributed by atoms with E-state index in [1.165, 1.54) is 13.2 Å². The van der Waals surface area contributed by atoms with Crippen LogP contribution in [0, 0.1) is 5.82 Å². The molecule has 1 fully saturated rings. The fourth-order valence-electron chi connectivity index (χ4n) is 2.20. The Morgan fingerprint density at radius 1 is 1.50 bits per heavy atom. The van der Waals surface area contributed by atoms with Gasteiger partial charge >= 0.3 is 0 Å². The zero-order chi connectivity index (χ0) is 11.5. The van der Waals surface area contributed by atoms with Crippen molar-refractivity contribution >= 4 is 0 Å². The van der Waals surface area contributed by atoms with Crippen LogP contribution in [0.4, 0.5) is 4.39 Å². The molecular weight excluding hydrogens is 207 g/mol. The second kappa shape index (κ2) is 4.80. The normalized spacial score (nSPS) is 25.4. The quantitative estimate of drug-likeness (QED) is 0.802. The molecule has 0 aliphatic carbocycles. The highest BCUT2D eigenvalue weighted by atomic mass is 19.1. The maximum Gasteiger partial charge on any atom is 0.165 e. The van der Waals surface area contributed by atoms with Gasteiger partial charge in [0.2, 0.25) is 0 Å². The lowest BCUT2D eigenvalue weighted by molar-refractivity contribution is 0.339. The minimum Gasteiger partial charge on any atom is -0.493 e. The molecule has 88 valence electrons. The molecule has 16 heavy (non-hydrogen) atoms. The second-order valence-corrected chi connectivity index (χ2v) is 4.15. The molecule has 1 aromatic rings. The summed E-state index contributed by atoms with van der Waals surface area (Å²) in [6.07, 6.45) is 1.79. The zero-order valence-corrected chi connectivity index (χ0v) is 9.37. The fraction of sp³-hybridized carbons (Fsp3) is 0.500. The first-order chi connectivity index (χ1) is 7.72. The monoisotopic (exact) mass is 224 g/mol. The van der Waals surface area contributed by atoms with E-state index in [4.69, 9.17) is 10.5 Å². The molecule has 1 aliphatic rings. The summed E-state index contributed by atoms with van der Waals surface area (Å²) in [5.74, 6) is 0.00930. The molecule has 0 spiro atoms. The van der Waals surface area contributed by atoms with Gasteiger partial charge in [-0.15, -0.1) is 0 Å². The van der Waals surface area contributed by atoms with Gasteiger partial charge in [0.1, 0.15) is 0 Å². The van der Waals surface area contributed by atoms with Crippen molar-refractivity contribution in [3.8, 4) is 5.75 Å². The van der Waals surface area contributed by atoms with Crippen LogP contribution in [0.15, 0.2) is 18.2 Å². The van der Waals surface area contributed by atoms with Gasteiger partial charge < -0.3 is 15.8 Å². The highest BCUT2D eigenvalue weighted by molar-refractivity contribution is 5.37. The minimum atomic E-state index is -0.319. The number of methoxy groups -OCH3 is 1. The molecular formula is C12H17FN2O. The molecule has 1 aliphatic heterocycles. The Morgan fingerprint density at radius 2 is 2.31 bits per heavy atom. The molecule has 2 atom stereocenters. The summed E-state index contributed by atoms with van der Waals surface area (Å²) in [6, 6.07) is 5.27. The third kappa shape index (κ3) is 2.18. The average molecular weight is 224 g/mol. The van der Waals surface area contributed by atoms with Gasteiger partial charge in [-0.2, -0.15) is 0 Å². The predicted octanol–water partition coefficient (Wildman–Crippen LogP) is 1.59. The Kier molecular flexibility index (Phi) is 3.41.